The smallest absolute Gasteiger partial charge is 0.317 e. The fourth-order valence-electron chi connectivity index (χ4n) is 4.97. The number of benzene rings is 2. The van der Waals surface area contributed by atoms with E-state index in [1.165, 1.54) is 49.2 Å². The summed E-state index contributed by atoms with van der Waals surface area (Å²) >= 11 is 1.33. The van der Waals surface area contributed by atoms with Crippen LogP contribution in [0.1, 0.15) is 42.9 Å². The van der Waals surface area contributed by atoms with Gasteiger partial charge in [0.1, 0.15) is 5.92 Å². The van der Waals surface area contributed by atoms with Gasteiger partial charge >= 0.3 is 11.7 Å². The van der Waals surface area contributed by atoms with Crippen LogP contribution in [0.25, 0.3) is 0 Å². The summed E-state index contributed by atoms with van der Waals surface area (Å²) in [7, 11) is 0. The van der Waals surface area contributed by atoms with E-state index in [4.69, 9.17) is 9.47 Å². The van der Waals surface area contributed by atoms with E-state index < -0.39 is 34.3 Å². The first kappa shape index (κ1) is 29.7. The van der Waals surface area contributed by atoms with Gasteiger partial charge in [0.15, 0.2) is 10.9 Å². The second kappa shape index (κ2) is 14.9. The zero-order valence-corrected chi connectivity index (χ0v) is 23.6. The molecule has 11 heteroatoms. The second-order valence-corrected chi connectivity index (χ2v) is 10.6. The van der Waals surface area contributed by atoms with Gasteiger partial charge in [-0.1, -0.05) is 48.5 Å². The number of rotatable bonds is 12. The SMILES string of the molecule is CSC1=NC(c2ccc([N+](=O)[O-])c(O)c2)C(C(=O)OCCCc2ccccc2)C(COCCN2CCCCC2)=N1. The van der Waals surface area contributed by atoms with E-state index in [0.29, 0.717) is 29.5 Å². The highest BCUT2D eigenvalue weighted by atomic mass is 32.2. The van der Waals surface area contributed by atoms with Crippen molar-refractivity contribution in [2.45, 2.75) is 38.1 Å². The quantitative estimate of drug-likeness (QED) is 0.167. The Morgan fingerprint density at radius 3 is 2.62 bits per heavy atom. The number of nitro benzene ring substituents is 1. The maximum Gasteiger partial charge on any atom is 0.317 e. The third kappa shape index (κ3) is 8.12. The number of piperidine rings is 1. The van der Waals surface area contributed by atoms with Crippen molar-refractivity contribution < 1.29 is 24.3 Å². The fraction of sp³-hybridized carbons (Fsp3) is 0.483. The normalized spacial score (nSPS) is 19.5. The molecular formula is C29H36N4O6S. The minimum absolute atomic E-state index is 0.132. The third-order valence-corrected chi connectivity index (χ3v) is 7.65. The van der Waals surface area contributed by atoms with Crippen molar-refractivity contribution in [1.82, 2.24) is 4.90 Å². The molecule has 0 spiro atoms. The number of nitrogens with zero attached hydrogens (tertiary/aromatic N) is 4. The lowest BCUT2D eigenvalue weighted by atomic mass is 9.88. The van der Waals surface area contributed by atoms with E-state index in [-0.39, 0.29) is 13.2 Å². The first-order chi connectivity index (χ1) is 19.5. The Morgan fingerprint density at radius 2 is 1.93 bits per heavy atom. The van der Waals surface area contributed by atoms with Crippen LogP contribution in [0.3, 0.4) is 0 Å². The molecule has 4 rings (SSSR count). The number of hydrogen-bond acceptors (Lipinski definition) is 10. The molecule has 1 saturated heterocycles. The molecule has 0 radical (unpaired) electrons. The van der Waals surface area contributed by atoms with E-state index in [9.17, 15) is 20.0 Å². The van der Waals surface area contributed by atoms with Crippen LogP contribution in [0.15, 0.2) is 58.5 Å². The monoisotopic (exact) mass is 568 g/mol. The van der Waals surface area contributed by atoms with Gasteiger partial charge in [-0.3, -0.25) is 19.9 Å². The Hall–Kier alpha value is -3.28. The molecule has 0 amide bonds. The van der Waals surface area contributed by atoms with Crippen molar-refractivity contribution >= 4 is 34.3 Å². The molecule has 1 fully saturated rings. The number of aromatic hydroxyl groups is 1. The number of carbonyl (C=O) groups is 1. The van der Waals surface area contributed by atoms with E-state index in [1.807, 2.05) is 36.6 Å². The molecular weight excluding hydrogens is 532 g/mol. The first-order valence-electron chi connectivity index (χ1n) is 13.6. The number of carbonyl (C=O) groups excluding carboxylic acids is 1. The summed E-state index contributed by atoms with van der Waals surface area (Å²) in [6.07, 6.45) is 6.92. The standard InChI is InChI=1S/C29H36N4O6S/c1-40-29-30-23(20-38-18-16-32-14-6-3-7-15-32)26(28(35)39-17-8-11-21-9-4-2-5-10-21)27(31-29)22-12-13-24(33(36)37)25(34)19-22/h2,4-5,9-10,12-13,19,26-27,34H,3,6-8,11,14-18,20H2,1H3. The molecule has 0 aromatic heterocycles. The number of amidine groups is 1. The van der Waals surface area contributed by atoms with Gasteiger partial charge in [0.25, 0.3) is 0 Å². The molecule has 214 valence electrons. The van der Waals surface area contributed by atoms with Gasteiger partial charge in [-0.15, -0.1) is 0 Å². The number of hydrogen-bond donors (Lipinski definition) is 1. The lowest BCUT2D eigenvalue weighted by Gasteiger charge is -2.29. The third-order valence-electron chi connectivity index (χ3n) is 7.09. The van der Waals surface area contributed by atoms with Crippen LogP contribution >= 0.6 is 11.8 Å². The first-order valence-corrected chi connectivity index (χ1v) is 14.9. The second-order valence-electron chi connectivity index (χ2n) is 9.86. The number of ether oxygens (including phenoxy) is 2. The Kier molecular flexibility index (Phi) is 11.1. The van der Waals surface area contributed by atoms with Crippen LogP contribution in [0.4, 0.5) is 5.69 Å². The number of aliphatic imine (C=N–C) groups is 2. The Labute approximate surface area is 238 Å². The summed E-state index contributed by atoms with van der Waals surface area (Å²) in [6.45, 7) is 3.81. The van der Waals surface area contributed by atoms with Crippen LogP contribution in [0.2, 0.25) is 0 Å². The van der Waals surface area contributed by atoms with E-state index in [2.05, 4.69) is 14.9 Å². The highest BCUT2D eigenvalue weighted by molar-refractivity contribution is 8.13. The topological polar surface area (TPSA) is 127 Å². The molecule has 2 unspecified atom stereocenters. The van der Waals surface area contributed by atoms with E-state index in [1.54, 1.807) is 0 Å². The van der Waals surface area contributed by atoms with E-state index >= 15 is 0 Å². The molecule has 0 bridgehead atoms. The molecule has 10 nitrogen and oxygen atoms in total. The lowest BCUT2D eigenvalue weighted by molar-refractivity contribution is -0.385. The molecule has 2 aliphatic rings. The summed E-state index contributed by atoms with van der Waals surface area (Å²) in [5.74, 6) is -1.86. The molecule has 2 heterocycles. The average molecular weight is 569 g/mol. The number of phenols is 1. The number of aryl methyl sites for hydroxylation is 1. The van der Waals surface area contributed by atoms with Crippen LogP contribution in [-0.4, -0.2) is 77.5 Å². The number of nitro groups is 1. The van der Waals surface area contributed by atoms with Crippen LogP contribution in [-0.2, 0) is 20.7 Å². The number of phenolic OH excluding ortho intramolecular Hbond substituents is 1. The Bertz CT molecular complexity index is 1220. The molecule has 1 N–H and O–H groups in total. The largest absolute Gasteiger partial charge is 0.502 e. The summed E-state index contributed by atoms with van der Waals surface area (Å²) in [6, 6.07) is 13.2. The van der Waals surface area contributed by atoms with E-state index in [0.717, 1.165) is 31.6 Å². The Morgan fingerprint density at radius 1 is 1.15 bits per heavy atom. The predicted octanol–water partition coefficient (Wildman–Crippen LogP) is 4.81. The van der Waals surface area contributed by atoms with Gasteiger partial charge < -0.3 is 19.5 Å². The molecule has 2 aliphatic heterocycles. The minimum atomic E-state index is -0.886. The Balaban J connectivity index is 1.49. The number of likely N-dealkylation sites (tertiary alicyclic amines) is 1. The molecule has 40 heavy (non-hydrogen) atoms. The molecule has 0 saturated carbocycles. The van der Waals surface area contributed by atoms with Crippen LogP contribution < -0.4 is 0 Å². The summed E-state index contributed by atoms with van der Waals surface area (Å²) in [5.41, 5.74) is 1.70. The molecule has 2 aromatic carbocycles. The highest BCUT2D eigenvalue weighted by Crippen LogP contribution is 2.37. The number of thioether (sulfide) groups is 1. The van der Waals surface area contributed by atoms with Crippen LogP contribution in [0, 0.1) is 16.0 Å². The van der Waals surface area contributed by atoms with Crippen molar-refractivity contribution in [2.24, 2.45) is 15.9 Å². The number of esters is 1. The average Bonchev–Trinajstić information content (AvgIpc) is 2.97. The van der Waals surface area contributed by atoms with Gasteiger partial charge in [0.2, 0.25) is 0 Å². The lowest BCUT2D eigenvalue weighted by Crippen LogP contribution is -2.38. The van der Waals surface area contributed by atoms with Gasteiger partial charge in [-0.25, -0.2) is 4.99 Å². The fourth-order valence-corrected chi connectivity index (χ4v) is 5.39. The van der Waals surface area contributed by atoms with Gasteiger partial charge in [-0.05, 0) is 68.3 Å². The van der Waals surface area contributed by atoms with Gasteiger partial charge in [0, 0.05) is 12.6 Å². The maximum absolute atomic E-state index is 13.5. The van der Waals surface area contributed by atoms with Gasteiger partial charge in [-0.2, -0.15) is 0 Å². The summed E-state index contributed by atoms with van der Waals surface area (Å²) in [4.78, 5) is 35.8. The molecule has 2 aromatic rings. The summed E-state index contributed by atoms with van der Waals surface area (Å²) < 4.78 is 11.7. The highest BCUT2D eigenvalue weighted by Gasteiger charge is 2.39. The minimum Gasteiger partial charge on any atom is -0.502 e. The van der Waals surface area contributed by atoms with Crippen molar-refractivity contribution in [3.8, 4) is 5.75 Å². The van der Waals surface area contributed by atoms with Crippen LogP contribution in [0.5, 0.6) is 5.75 Å². The zero-order valence-electron chi connectivity index (χ0n) is 22.7. The molecule has 0 aliphatic carbocycles. The van der Waals surface area contributed by atoms with Crippen molar-refractivity contribution in [3.63, 3.8) is 0 Å². The maximum atomic E-state index is 13.5. The van der Waals surface area contributed by atoms with Crippen molar-refractivity contribution in [3.05, 3.63) is 69.8 Å². The summed E-state index contributed by atoms with van der Waals surface area (Å²) in [5, 5.41) is 22.0. The van der Waals surface area contributed by atoms with Gasteiger partial charge in [0.05, 0.1) is 36.5 Å². The zero-order chi connectivity index (χ0) is 28.3. The van der Waals surface area contributed by atoms with Crippen molar-refractivity contribution in [1.29, 1.82) is 0 Å². The molecule has 2 atom stereocenters. The predicted molar refractivity (Wildman–Crippen MR) is 156 cm³/mol. The van der Waals surface area contributed by atoms with Crippen molar-refractivity contribution in [2.75, 3.05) is 45.7 Å².